The van der Waals surface area contributed by atoms with Gasteiger partial charge in [0.15, 0.2) is 0 Å². The molecule has 1 atom stereocenters. The first-order chi connectivity index (χ1) is 16.0. The van der Waals surface area contributed by atoms with Crippen molar-refractivity contribution in [1.82, 2.24) is 20.0 Å². The number of fused-ring (bicyclic) bond motifs is 1. The number of benzene rings is 2. The summed E-state index contributed by atoms with van der Waals surface area (Å²) in [5.41, 5.74) is 1.80. The van der Waals surface area contributed by atoms with Crippen LogP contribution >= 0.6 is 0 Å². The molecule has 1 fully saturated rings. The topological polar surface area (TPSA) is 114 Å². The summed E-state index contributed by atoms with van der Waals surface area (Å²) in [6.45, 7) is 2.68. The summed E-state index contributed by atoms with van der Waals surface area (Å²) in [7, 11) is 3.37. The summed E-state index contributed by atoms with van der Waals surface area (Å²) in [6.07, 6.45) is 2.18. The standard InChI is InChI=1S/C23H25N5O5/c1-26-11-13-27(14-12-26)22(29)23(32-2)33-17-9-7-16(21(15-17)28(30)31)8-10-20-18-5-3-4-6-19(18)24-25-20/h3-10,15,23H,11-14H2,1-2H3,(H,24,25). The zero-order valence-corrected chi connectivity index (χ0v) is 18.4. The van der Waals surface area contributed by atoms with Gasteiger partial charge < -0.3 is 19.3 Å². The van der Waals surface area contributed by atoms with E-state index in [1.165, 1.54) is 13.2 Å². The van der Waals surface area contributed by atoms with Gasteiger partial charge in [0.25, 0.3) is 17.9 Å². The maximum absolute atomic E-state index is 12.8. The number of likely N-dealkylation sites (N-methyl/N-ethyl adjacent to an activating group) is 1. The molecule has 10 heteroatoms. The van der Waals surface area contributed by atoms with E-state index in [-0.39, 0.29) is 17.3 Å². The van der Waals surface area contributed by atoms with E-state index in [0.717, 1.165) is 24.0 Å². The van der Waals surface area contributed by atoms with Crippen molar-refractivity contribution in [2.45, 2.75) is 6.29 Å². The molecule has 1 aromatic heterocycles. The van der Waals surface area contributed by atoms with Gasteiger partial charge >= 0.3 is 0 Å². The third-order valence-corrected chi connectivity index (χ3v) is 5.59. The van der Waals surface area contributed by atoms with Crippen molar-refractivity contribution in [1.29, 1.82) is 0 Å². The van der Waals surface area contributed by atoms with Crippen molar-refractivity contribution >= 4 is 34.6 Å². The van der Waals surface area contributed by atoms with Crippen LogP contribution in [0.4, 0.5) is 5.69 Å². The molecular formula is C23H25N5O5. The van der Waals surface area contributed by atoms with Gasteiger partial charge in [-0.25, -0.2) is 0 Å². The van der Waals surface area contributed by atoms with Gasteiger partial charge in [-0.15, -0.1) is 0 Å². The normalized spacial score (nSPS) is 15.8. The van der Waals surface area contributed by atoms with Crippen LogP contribution in [0.5, 0.6) is 5.75 Å². The summed E-state index contributed by atoms with van der Waals surface area (Å²) in [4.78, 5) is 27.8. The second-order valence-corrected chi connectivity index (χ2v) is 7.78. The van der Waals surface area contributed by atoms with E-state index < -0.39 is 11.2 Å². The number of methoxy groups -OCH3 is 1. The van der Waals surface area contributed by atoms with Crippen molar-refractivity contribution in [3.8, 4) is 5.75 Å². The summed E-state index contributed by atoms with van der Waals surface area (Å²) < 4.78 is 10.9. The number of para-hydroxylation sites is 1. The average molecular weight is 451 g/mol. The van der Waals surface area contributed by atoms with Crippen molar-refractivity contribution in [2.75, 3.05) is 40.3 Å². The van der Waals surface area contributed by atoms with E-state index in [9.17, 15) is 14.9 Å². The first-order valence-electron chi connectivity index (χ1n) is 10.5. The third-order valence-electron chi connectivity index (χ3n) is 5.59. The van der Waals surface area contributed by atoms with Crippen molar-refractivity contribution in [3.63, 3.8) is 0 Å². The number of carbonyl (C=O) groups is 1. The molecule has 33 heavy (non-hydrogen) atoms. The number of rotatable bonds is 7. The van der Waals surface area contributed by atoms with Gasteiger partial charge in [-0.2, -0.15) is 5.10 Å². The number of nitrogens with zero attached hydrogens (tertiary/aromatic N) is 4. The largest absolute Gasteiger partial charge is 0.455 e. The molecule has 1 unspecified atom stereocenters. The second-order valence-electron chi connectivity index (χ2n) is 7.78. The van der Waals surface area contributed by atoms with E-state index >= 15 is 0 Å². The van der Waals surface area contributed by atoms with Crippen LogP contribution < -0.4 is 4.74 Å². The Hall–Kier alpha value is -3.76. The number of H-pyrrole nitrogens is 1. The average Bonchev–Trinajstić information content (AvgIpc) is 3.24. The molecule has 0 aliphatic carbocycles. The highest BCUT2D eigenvalue weighted by molar-refractivity contribution is 5.89. The molecule has 4 rings (SSSR count). The Morgan fingerprint density at radius 1 is 1.18 bits per heavy atom. The van der Waals surface area contributed by atoms with Crippen LogP contribution in [0, 0.1) is 10.1 Å². The molecule has 2 aromatic carbocycles. The second kappa shape index (κ2) is 9.80. The fourth-order valence-electron chi connectivity index (χ4n) is 3.68. The Morgan fingerprint density at radius 3 is 2.67 bits per heavy atom. The van der Waals surface area contributed by atoms with E-state index in [1.54, 1.807) is 29.2 Å². The van der Waals surface area contributed by atoms with Crippen molar-refractivity contribution in [3.05, 3.63) is 63.8 Å². The number of hydrogen-bond acceptors (Lipinski definition) is 7. The Morgan fingerprint density at radius 2 is 1.94 bits per heavy atom. The fraction of sp³-hybridized carbons (Fsp3) is 0.304. The van der Waals surface area contributed by atoms with E-state index in [2.05, 4.69) is 15.1 Å². The van der Waals surface area contributed by atoms with Gasteiger partial charge in [-0.05, 0) is 37.4 Å². The minimum Gasteiger partial charge on any atom is -0.455 e. The van der Waals surface area contributed by atoms with Crippen molar-refractivity contribution in [2.24, 2.45) is 0 Å². The predicted molar refractivity (Wildman–Crippen MR) is 124 cm³/mol. The molecule has 10 nitrogen and oxygen atoms in total. The molecule has 2 heterocycles. The Bertz CT molecular complexity index is 1180. The van der Waals surface area contributed by atoms with Crippen LogP contribution in [0.3, 0.4) is 0 Å². The molecule has 1 amide bonds. The van der Waals surface area contributed by atoms with Crippen LogP contribution in [0.25, 0.3) is 23.1 Å². The van der Waals surface area contributed by atoms with Crippen LogP contribution in [0.2, 0.25) is 0 Å². The lowest BCUT2D eigenvalue weighted by molar-refractivity contribution is -0.385. The number of nitro benzene ring substituents is 1. The Kier molecular flexibility index (Phi) is 6.66. The minimum atomic E-state index is -1.18. The molecule has 1 N–H and O–H groups in total. The Balaban J connectivity index is 1.52. The number of piperazine rings is 1. The zero-order chi connectivity index (χ0) is 23.4. The molecule has 3 aromatic rings. The highest BCUT2D eigenvalue weighted by Gasteiger charge is 2.28. The predicted octanol–water partition coefficient (Wildman–Crippen LogP) is 2.77. The molecule has 0 bridgehead atoms. The molecule has 0 radical (unpaired) electrons. The number of hydrogen-bond donors (Lipinski definition) is 1. The van der Waals surface area contributed by atoms with Gasteiger partial charge in [0, 0.05) is 38.7 Å². The third kappa shape index (κ3) is 5.02. The molecular weight excluding hydrogens is 426 g/mol. The number of carbonyl (C=O) groups excluding carboxylic acids is 1. The SMILES string of the molecule is COC(Oc1ccc(C=Cc2n[nH]c3ccccc23)c([N+](=O)[O-])c1)C(=O)N1CCN(C)CC1. The van der Waals surface area contributed by atoms with Crippen LogP contribution in [0.15, 0.2) is 42.5 Å². The summed E-state index contributed by atoms with van der Waals surface area (Å²) >= 11 is 0. The monoisotopic (exact) mass is 451 g/mol. The van der Waals surface area contributed by atoms with Crippen LogP contribution in [0.1, 0.15) is 11.3 Å². The zero-order valence-electron chi connectivity index (χ0n) is 18.4. The number of nitro groups is 1. The highest BCUT2D eigenvalue weighted by Crippen LogP contribution is 2.28. The van der Waals surface area contributed by atoms with E-state index in [4.69, 9.17) is 9.47 Å². The smallest absolute Gasteiger partial charge is 0.292 e. The van der Waals surface area contributed by atoms with E-state index in [1.807, 2.05) is 31.3 Å². The molecule has 0 spiro atoms. The quantitative estimate of drug-likeness (QED) is 0.334. The lowest BCUT2D eigenvalue weighted by Gasteiger charge is -2.34. The van der Waals surface area contributed by atoms with Gasteiger partial charge in [0.1, 0.15) is 5.75 Å². The number of aromatic amines is 1. The number of nitrogens with one attached hydrogen (secondary N) is 1. The fourth-order valence-corrected chi connectivity index (χ4v) is 3.68. The van der Waals surface area contributed by atoms with Crippen molar-refractivity contribution < 1.29 is 19.2 Å². The van der Waals surface area contributed by atoms with Gasteiger partial charge in [-0.1, -0.05) is 18.2 Å². The first-order valence-corrected chi connectivity index (χ1v) is 10.5. The summed E-state index contributed by atoms with van der Waals surface area (Å²) in [5, 5.41) is 19.8. The first kappa shape index (κ1) is 22.4. The van der Waals surface area contributed by atoms with Gasteiger partial charge in [0.2, 0.25) is 0 Å². The lowest BCUT2D eigenvalue weighted by atomic mass is 10.1. The van der Waals surface area contributed by atoms with Crippen LogP contribution in [-0.2, 0) is 9.53 Å². The van der Waals surface area contributed by atoms with E-state index in [0.29, 0.717) is 24.3 Å². The van der Waals surface area contributed by atoms with Gasteiger partial charge in [0.05, 0.1) is 27.8 Å². The molecule has 1 saturated heterocycles. The Labute approximate surface area is 190 Å². The maximum atomic E-state index is 12.8. The number of amides is 1. The molecule has 1 aliphatic rings. The number of ether oxygens (including phenoxy) is 2. The number of aromatic nitrogens is 2. The highest BCUT2D eigenvalue weighted by atomic mass is 16.7. The van der Waals surface area contributed by atoms with Gasteiger partial charge in [-0.3, -0.25) is 20.0 Å². The summed E-state index contributed by atoms with van der Waals surface area (Å²) in [5.74, 6) is -0.124. The minimum absolute atomic E-state index is 0.148. The molecule has 1 aliphatic heterocycles. The lowest BCUT2D eigenvalue weighted by Crippen LogP contribution is -2.51. The molecule has 0 saturated carbocycles. The van der Waals surface area contributed by atoms with Crippen LogP contribution in [-0.4, -0.2) is 77.5 Å². The summed E-state index contributed by atoms with van der Waals surface area (Å²) in [6, 6.07) is 12.1. The maximum Gasteiger partial charge on any atom is 0.292 e. The molecule has 172 valence electrons.